The number of halogens is 1. The number of rotatable bonds is 3. The van der Waals surface area contributed by atoms with Crippen molar-refractivity contribution >= 4 is 38.1 Å². The summed E-state index contributed by atoms with van der Waals surface area (Å²) in [6.07, 6.45) is 0. The van der Waals surface area contributed by atoms with E-state index in [0.29, 0.717) is 0 Å². The van der Waals surface area contributed by atoms with E-state index in [4.69, 9.17) is 0 Å². The van der Waals surface area contributed by atoms with Crippen molar-refractivity contribution in [3.8, 4) is 11.3 Å². The van der Waals surface area contributed by atoms with Crippen molar-refractivity contribution in [2.24, 2.45) is 0 Å². The second kappa shape index (κ2) is 6.00. The summed E-state index contributed by atoms with van der Waals surface area (Å²) in [7, 11) is 0. The van der Waals surface area contributed by atoms with Crippen LogP contribution in [0.15, 0.2) is 52.3 Å². The summed E-state index contributed by atoms with van der Waals surface area (Å²) in [5.41, 5.74) is 5.71. The van der Waals surface area contributed by atoms with Crippen LogP contribution in [0.5, 0.6) is 0 Å². The van der Waals surface area contributed by atoms with Crippen LogP contribution >= 0.6 is 27.3 Å². The zero-order valence-corrected chi connectivity index (χ0v) is 14.3. The molecule has 2 aromatic carbocycles. The first-order valence-corrected chi connectivity index (χ1v) is 8.35. The summed E-state index contributed by atoms with van der Waals surface area (Å²) in [5, 5.41) is 6.41. The molecule has 3 aromatic rings. The van der Waals surface area contributed by atoms with E-state index < -0.39 is 0 Å². The van der Waals surface area contributed by atoms with Gasteiger partial charge in [-0.15, -0.1) is 11.3 Å². The maximum atomic E-state index is 4.67. The molecule has 0 aliphatic heterocycles. The molecular formula is C17H15BrN2S. The minimum absolute atomic E-state index is 0.918. The third-order valence-corrected chi connectivity index (χ3v) is 4.57. The van der Waals surface area contributed by atoms with Crippen molar-refractivity contribution in [3.63, 3.8) is 0 Å². The standard InChI is InChI=1S/C17H15BrN2S/c1-11-3-4-12(2)15(9-11)19-17-20-16(10-21-17)13-5-7-14(18)8-6-13/h3-10H,1-2H3,(H,19,20). The van der Waals surface area contributed by atoms with Crippen LogP contribution < -0.4 is 5.32 Å². The number of hydrogen-bond donors (Lipinski definition) is 1. The van der Waals surface area contributed by atoms with Gasteiger partial charge in [0.2, 0.25) is 0 Å². The van der Waals surface area contributed by atoms with E-state index >= 15 is 0 Å². The first-order valence-electron chi connectivity index (χ1n) is 6.67. The lowest BCUT2D eigenvalue weighted by atomic mass is 10.1. The Labute approximate surface area is 137 Å². The predicted octanol–water partition coefficient (Wildman–Crippen LogP) is 5.93. The van der Waals surface area contributed by atoms with Crippen LogP contribution in [0.1, 0.15) is 11.1 Å². The summed E-state index contributed by atoms with van der Waals surface area (Å²) in [4.78, 5) is 4.67. The smallest absolute Gasteiger partial charge is 0.187 e. The molecule has 1 N–H and O–H groups in total. The van der Waals surface area contributed by atoms with E-state index in [2.05, 4.69) is 75.8 Å². The molecule has 4 heteroatoms. The van der Waals surface area contributed by atoms with Crippen molar-refractivity contribution in [1.29, 1.82) is 0 Å². The minimum atomic E-state index is 0.918. The highest BCUT2D eigenvalue weighted by molar-refractivity contribution is 9.10. The van der Waals surface area contributed by atoms with Crippen LogP contribution in [0.25, 0.3) is 11.3 Å². The molecule has 0 fully saturated rings. The lowest BCUT2D eigenvalue weighted by Gasteiger charge is -2.07. The Morgan fingerprint density at radius 2 is 1.81 bits per heavy atom. The average Bonchev–Trinajstić information content (AvgIpc) is 2.92. The third-order valence-electron chi connectivity index (χ3n) is 3.28. The largest absolute Gasteiger partial charge is 0.331 e. The highest BCUT2D eigenvalue weighted by Crippen LogP contribution is 2.29. The Morgan fingerprint density at radius 1 is 1.05 bits per heavy atom. The molecule has 3 rings (SSSR count). The summed E-state index contributed by atoms with van der Waals surface area (Å²) in [5.74, 6) is 0. The maximum absolute atomic E-state index is 4.67. The molecule has 0 spiro atoms. The molecule has 0 atom stereocenters. The molecule has 0 saturated heterocycles. The first kappa shape index (κ1) is 14.3. The molecular weight excluding hydrogens is 344 g/mol. The Morgan fingerprint density at radius 3 is 2.57 bits per heavy atom. The summed E-state index contributed by atoms with van der Waals surface area (Å²) >= 11 is 5.08. The lowest BCUT2D eigenvalue weighted by Crippen LogP contribution is -1.93. The van der Waals surface area contributed by atoms with Crippen LogP contribution in [-0.2, 0) is 0 Å². The van der Waals surface area contributed by atoms with Crippen LogP contribution in [0.2, 0.25) is 0 Å². The van der Waals surface area contributed by atoms with Gasteiger partial charge in [-0.2, -0.15) is 0 Å². The monoisotopic (exact) mass is 358 g/mol. The van der Waals surface area contributed by atoms with Gasteiger partial charge in [-0.05, 0) is 43.2 Å². The van der Waals surface area contributed by atoms with Crippen molar-refractivity contribution in [2.75, 3.05) is 5.32 Å². The van der Waals surface area contributed by atoms with E-state index in [1.54, 1.807) is 11.3 Å². The Kier molecular flexibility index (Phi) is 4.08. The fraction of sp³-hybridized carbons (Fsp3) is 0.118. The van der Waals surface area contributed by atoms with E-state index in [9.17, 15) is 0 Å². The molecule has 0 radical (unpaired) electrons. The van der Waals surface area contributed by atoms with Gasteiger partial charge in [0.25, 0.3) is 0 Å². The molecule has 2 nitrogen and oxygen atoms in total. The third kappa shape index (κ3) is 3.34. The van der Waals surface area contributed by atoms with Gasteiger partial charge in [-0.1, -0.05) is 40.2 Å². The number of nitrogens with one attached hydrogen (secondary N) is 1. The van der Waals surface area contributed by atoms with Crippen molar-refractivity contribution < 1.29 is 0 Å². The number of aromatic nitrogens is 1. The van der Waals surface area contributed by atoms with Crippen LogP contribution in [0.4, 0.5) is 10.8 Å². The Balaban J connectivity index is 1.85. The number of nitrogens with zero attached hydrogens (tertiary/aromatic N) is 1. The van der Waals surface area contributed by atoms with Gasteiger partial charge in [-0.3, -0.25) is 0 Å². The Hall–Kier alpha value is -1.65. The van der Waals surface area contributed by atoms with Gasteiger partial charge in [-0.25, -0.2) is 4.98 Å². The number of aryl methyl sites for hydroxylation is 2. The SMILES string of the molecule is Cc1ccc(C)c(Nc2nc(-c3ccc(Br)cc3)cs2)c1. The summed E-state index contributed by atoms with van der Waals surface area (Å²) in [6.45, 7) is 4.20. The number of anilines is 2. The quantitative estimate of drug-likeness (QED) is 0.627. The highest BCUT2D eigenvalue weighted by Gasteiger charge is 2.06. The highest BCUT2D eigenvalue weighted by atomic mass is 79.9. The maximum Gasteiger partial charge on any atom is 0.187 e. The molecule has 1 aromatic heterocycles. The first-order chi connectivity index (χ1) is 10.1. The zero-order valence-electron chi connectivity index (χ0n) is 11.9. The molecule has 1 heterocycles. The van der Waals surface area contributed by atoms with Gasteiger partial charge in [0.1, 0.15) is 0 Å². The number of hydrogen-bond acceptors (Lipinski definition) is 3. The second-order valence-corrected chi connectivity index (χ2v) is 6.76. The van der Waals surface area contributed by atoms with Crippen LogP contribution in [0.3, 0.4) is 0 Å². The lowest BCUT2D eigenvalue weighted by molar-refractivity contribution is 1.34. The van der Waals surface area contributed by atoms with E-state index in [0.717, 1.165) is 26.5 Å². The average molecular weight is 359 g/mol. The summed E-state index contributed by atoms with van der Waals surface area (Å²) < 4.78 is 1.08. The molecule has 0 aliphatic rings. The fourth-order valence-corrected chi connectivity index (χ4v) is 3.07. The van der Waals surface area contributed by atoms with Crippen molar-refractivity contribution in [1.82, 2.24) is 4.98 Å². The molecule has 0 bridgehead atoms. The van der Waals surface area contributed by atoms with E-state index in [1.807, 2.05) is 12.1 Å². The van der Waals surface area contributed by atoms with Gasteiger partial charge in [0.15, 0.2) is 5.13 Å². The Bertz CT molecular complexity index is 763. The van der Waals surface area contributed by atoms with E-state index in [-0.39, 0.29) is 0 Å². The minimum Gasteiger partial charge on any atom is -0.331 e. The summed E-state index contributed by atoms with van der Waals surface area (Å²) in [6, 6.07) is 14.6. The van der Waals surface area contributed by atoms with Crippen LogP contribution in [0, 0.1) is 13.8 Å². The fourth-order valence-electron chi connectivity index (χ4n) is 2.07. The predicted molar refractivity (Wildman–Crippen MR) is 94.4 cm³/mol. The zero-order chi connectivity index (χ0) is 14.8. The topological polar surface area (TPSA) is 24.9 Å². The second-order valence-electron chi connectivity index (χ2n) is 4.99. The molecule has 0 unspecified atom stereocenters. The number of benzene rings is 2. The normalized spacial score (nSPS) is 10.6. The van der Waals surface area contributed by atoms with Gasteiger partial charge < -0.3 is 5.32 Å². The van der Waals surface area contributed by atoms with Crippen molar-refractivity contribution in [2.45, 2.75) is 13.8 Å². The van der Waals surface area contributed by atoms with Gasteiger partial charge >= 0.3 is 0 Å². The van der Waals surface area contributed by atoms with Gasteiger partial charge in [0.05, 0.1) is 5.69 Å². The van der Waals surface area contributed by atoms with Gasteiger partial charge in [0, 0.05) is 21.1 Å². The number of thiazole rings is 1. The molecule has 21 heavy (non-hydrogen) atoms. The molecule has 0 saturated carbocycles. The molecule has 106 valence electrons. The van der Waals surface area contributed by atoms with E-state index in [1.165, 1.54) is 11.1 Å². The molecule has 0 aliphatic carbocycles. The van der Waals surface area contributed by atoms with Crippen LogP contribution in [-0.4, -0.2) is 4.98 Å². The molecule has 0 amide bonds. The van der Waals surface area contributed by atoms with Crippen molar-refractivity contribution in [3.05, 3.63) is 63.4 Å².